The summed E-state index contributed by atoms with van der Waals surface area (Å²) in [5, 5.41) is 9.07. The van der Waals surface area contributed by atoms with E-state index in [1.807, 2.05) is 30.6 Å². The number of piperidine rings is 1. The van der Waals surface area contributed by atoms with Crippen LogP contribution in [-0.2, 0) is 15.7 Å². The lowest BCUT2D eigenvalue weighted by molar-refractivity contribution is -0.138. The molecule has 3 rings (SSSR count). The lowest BCUT2D eigenvalue weighted by Gasteiger charge is -2.44. The molecule has 0 bridgehead atoms. The summed E-state index contributed by atoms with van der Waals surface area (Å²) in [7, 11) is 0. The van der Waals surface area contributed by atoms with Gasteiger partial charge in [0, 0.05) is 55.7 Å². The van der Waals surface area contributed by atoms with E-state index in [0.717, 1.165) is 25.3 Å². The van der Waals surface area contributed by atoms with E-state index in [1.54, 1.807) is 12.1 Å². The van der Waals surface area contributed by atoms with Gasteiger partial charge in [0.25, 0.3) is 0 Å². The highest BCUT2D eigenvalue weighted by molar-refractivity contribution is 5.79. The average molecular weight is 452 g/mol. The first kappa shape index (κ1) is 24.4. The minimum atomic E-state index is -4.58. The quantitative estimate of drug-likeness (QED) is 0.603. The molecule has 0 aliphatic carbocycles. The van der Waals surface area contributed by atoms with Crippen molar-refractivity contribution in [2.24, 2.45) is 17.3 Å². The molecule has 5 nitrogen and oxygen atoms in total. The van der Waals surface area contributed by atoms with Gasteiger partial charge in [0.2, 0.25) is 5.91 Å². The van der Waals surface area contributed by atoms with E-state index in [-0.39, 0.29) is 28.7 Å². The molecule has 0 N–H and O–H groups in total. The molecule has 176 valence electrons. The molecule has 0 saturated carbocycles. The van der Waals surface area contributed by atoms with Crippen LogP contribution in [0.15, 0.2) is 18.2 Å². The highest BCUT2D eigenvalue weighted by atomic mass is 19.4. The first-order valence-electron chi connectivity index (χ1n) is 11.4. The van der Waals surface area contributed by atoms with Crippen LogP contribution in [0.25, 0.3) is 0 Å². The molecule has 1 aromatic rings. The standard InChI is InChI=1S/C24H32F3N3O2/c1-4-17(5-2)22(31)30-14-19-13-29(10-9-23(19,15-30)16-32-6-3)20-8-7-18(12-28)21(11-20)24(25,26)27/h7-8,11,17,19H,4-6,9-10,13-16H2,1-3H3/t19-,23+/m1/s1. The molecule has 2 aliphatic rings. The number of alkyl halides is 3. The number of rotatable bonds is 7. The Bertz CT molecular complexity index is 863. The summed E-state index contributed by atoms with van der Waals surface area (Å²) >= 11 is 0. The average Bonchev–Trinajstić information content (AvgIpc) is 3.16. The number of carbonyl (C=O) groups excluding carboxylic acids is 1. The van der Waals surface area contributed by atoms with Crippen LogP contribution < -0.4 is 4.90 Å². The number of carbonyl (C=O) groups is 1. The van der Waals surface area contributed by atoms with Crippen molar-refractivity contribution in [1.82, 2.24) is 4.90 Å². The molecule has 8 heteroatoms. The van der Waals surface area contributed by atoms with Crippen molar-refractivity contribution in [2.45, 2.75) is 46.2 Å². The predicted octanol–water partition coefficient (Wildman–Crippen LogP) is 4.70. The van der Waals surface area contributed by atoms with Crippen molar-refractivity contribution in [1.29, 1.82) is 5.26 Å². The van der Waals surface area contributed by atoms with E-state index in [4.69, 9.17) is 10.00 Å². The Morgan fingerprint density at radius 2 is 2.00 bits per heavy atom. The molecule has 0 spiro atoms. The number of hydrogen-bond donors (Lipinski definition) is 0. The number of halogens is 3. The normalized spacial score (nSPS) is 23.4. The first-order valence-corrected chi connectivity index (χ1v) is 11.4. The van der Waals surface area contributed by atoms with E-state index < -0.39 is 11.7 Å². The summed E-state index contributed by atoms with van der Waals surface area (Å²) in [5.41, 5.74) is -0.980. The van der Waals surface area contributed by atoms with Crippen LogP contribution in [0.5, 0.6) is 0 Å². The van der Waals surface area contributed by atoms with Gasteiger partial charge in [0.1, 0.15) is 0 Å². The van der Waals surface area contributed by atoms with Gasteiger partial charge in [-0.15, -0.1) is 0 Å². The summed E-state index contributed by atoms with van der Waals surface area (Å²) in [6.45, 7) is 9.51. The van der Waals surface area contributed by atoms with Crippen molar-refractivity contribution in [3.05, 3.63) is 29.3 Å². The molecule has 2 saturated heterocycles. The second-order valence-electron chi connectivity index (χ2n) is 8.96. The molecule has 2 aliphatic heterocycles. The number of hydrogen-bond acceptors (Lipinski definition) is 4. The van der Waals surface area contributed by atoms with Gasteiger partial charge in [-0.2, -0.15) is 18.4 Å². The van der Waals surface area contributed by atoms with E-state index >= 15 is 0 Å². The Balaban J connectivity index is 1.85. The number of benzene rings is 1. The minimum Gasteiger partial charge on any atom is -0.381 e. The Kier molecular flexibility index (Phi) is 7.39. The third-order valence-corrected chi connectivity index (χ3v) is 7.17. The van der Waals surface area contributed by atoms with Gasteiger partial charge in [-0.1, -0.05) is 13.8 Å². The number of nitrogens with zero attached hydrogens (tertiary/aromatic N) is 3. The summed E-state index contributed by atoms with van der Waals surface area (Å²) in [5.74, 6) is 0.291. The number of fused-ring (bicyclic) bond motifs is 1. The highest BCUT2D eigenvalue weighted by Crippen LogP contribution is 2.45. The zero-order valence-corrected chi connectivity index (χ0v) is 19.0. The van der Waals surface area contributed by atoms with Crippen molar-refractivity contribution < 1.29 is 22.7 Å². The molecular formula is C24H32F3N3O2. The van der Waals surface area contributed by atoms with Gasteiger partial charge >= 0.3 is 6.18 Å². The number of amides is 1. The predicted molar refractivity (Wildman–Crippen MR) is 116 cm³/mol. The highest BCUT2D eigenvalue weighted by Gasteiger charge is 2.51. The van der Waals surface area contributed by atoms with E-state index in [9.17, 15) is 18.0 Å². The Labute approximate surface area is 188 Å². The number of likely N-dealkylation sites (tertiary alicyclic amines) is 1. The van der Waals surface area contributed by atoms with Crippen molar-refractivity contribution >= 4 is 11.6 Å². The topological polar surface area (TPSA) is 56.6 Å². The number of ether oxygens (including phenoxy) is 1. The summed E-state index contributed by atoms with van der Waals surface area (Å²) in [6, 6.07) is 5.56. The van der Waals surface area contributed by atoms with Gasteiger partial charge in [0.15, 0.2) is 0 Å². The molecule has 2 heterocycles. The van der Waals surface area contributed by atoms with Crippen LogP contribution >= 0.6 is 0 Å². The fraction of sp³-hybridized carbons (Fsp3) is 0.667. The Morgan fingerprint density at radius 1 is 1.28 bits per heavy atom. The van der Waals surface area contributed by atoms with Crippen LogP contribution in [0.1, 0.15) is 51.2 Å². The summed E-state index contributed by atoms with van der Waals surface area (Å²) < 4.78 is 46.2. The van der Waals surface area contributed by atoms with Gasteiger partial charge in [-0.05, 0) is 44.4 Å². The Hall–Kier alpha value is -2.27. The SMILES string of the molecule is CCOC[C@@]12CCN(c3ccc(C#N)c(C(F)(F)F)c3)C[C@@H]1CN(C(=O)C(CC)CC)C2. The molecule has 2 atom stereocenters. The molecule has 1 amide bonds. The van der Waals surface area contributed by atoms with Crippen molar-refractivity contribution in [2.75, 3.05) is 44.3 Å². The van der Waals surface area contributed by atoms with E-state index in [1.165, 1.54) is 6.07 Å². The maximum Gasteiger partial charge on any atom is 0.417 e. The molecule has 1 aromatic carbocycles. The smallest absolute Gasteiger partial charge is 0.381 e. The van der Waals surface area contributed by atoms with Gasteiger partial charge in [-0.25, -0.2) is 0 Å². The minimum absolute atomic E-state index is 0.00303. The zero-order chi connectivity index (χ0) is 23.5. The van der Waals surface area contributed by atoms with Gasteiger partial charge in [0.05, 0.1) is 23.8 Å². The van der Waals surface area contributed by atoms with Crippen molar-refractivity contribution in [3.63, 3.8) is 0 Å². The maximum absolute atomic E-state index is 13.5. The van der Waals surface area contributed by atoms with Gasteiger partial charge < -0.3 is 14.5 Å². The van der Waals surface area contributed by atoms with Crippen LogP contribution in [-0.4, -0.2) is 50.2 Å². The number of anilines is 1. The molecule has 0 radical (unpaired) electrons. The van der Waals surface area contributed by atoms with Crippen LogP contribution in [0.2, 0.25) is 0 Å². The lowest BCUT2D eigenvalue weighted by atomic mass is 9.73. The molecular weight excluding hydrogens is 419 g/mol. The monoisotopic (exact) mass is 451 g/mol. The summed E-state index contributed by atoms with van der Waals surface area (Å²) in [6.07, 6.45) is -2.24. The molecule has 2 fully saturated rings. The van der Waals surface area contributed by atoms with E-state index in [0.29, 0.717) is 45.1 Å². The fourth-order valence-electron chi connectivity index (χ4n) is 5.18. The first-order chi connectivity index (χ1) is 15.2. The molecule has 0 aromatic heterocycles. The third-order valence-electron chi connectivity index (χ3n) is 7.17. The third kappa shape index (κ3) is 4.73. The maximum atomic E-state index is 13.5. The lowest BCUT2D eigenvalue weighted by Crippen LogP contribution is -2.49. The zero-order valence-electron chi connectivity index (χ0n) is 19.0. The second-order valence-corrected chi connectivity index (χ2v) is 8.96. The second kappa shape index (κ2) is 9.70. The van der Waals surface area contributed by atoms with E-state index in [2.05, 4.69) is 0 Å². The Morgan fingerprint density at radius 3 is 2.59 bits per heavy atom. The number of nitriles is 1. The van der Waals surface area contributed by atoms with Crippen molar-refractivity contribution in [3.8, 4) is 6.07 Å². The fourth-order valence-corrected chi connectivity index (χ4v) is 5.18. The largest absolute Gasteiger partial charge is 0.417 e. The summed E-state index contributed by atoms with van der Waals surface area (Å²) in [4.78, 5) is 17.0. The van der Waals surface area contributed by atoms with Crippen LogP contribution in [0.4, 0.5) is 18.9 Å². The van der Waals surface area contributed by atoms with Crippen LogP contribution in [0.3, 0.4) is 0 Å². The molecule has 0 unspecified atom stereocenters. The van der Waals surface area contributed by atoms with Crippen LogP contribution in [0, 0.1) is 28.6 Å². The van der Waals surface area contributed by atoms with Gasteiger partial charge in [-0.3, -0.25) is 4.79 Å². The molecule has 32 heavy (non-hydrogen) atoms.